The summed E-state index contributed by atoms with van der Waals surface area (Å²) < 4.78 is 81.6. The number of para-hydroxylation sites is 1. The summed E-state index contributed by atoms with van der Waals surface area (Å²) in [7, 11) is -2.32. The zero-order chi connectivity index (χ0) is 59.1. The minimum atomic E-state index is -3.92. The molecule has 2 fully saturated rings. The Kier molecular flexibility index (Phi) is 19.3. The Balaban J connectivity index is 0.737. The van der Waals surface area contributed by atoms with Gasteiger partial charge in [0, 0.05) is 76.8 Å². The summed E-state index contributed by atoms with van der Waals surface area (Å²) in [6.45, 7) is 13.1. The van der Waals surface area contributed by atoms with E-state index in [0.717, 1.165) is 28.0 Å². The number of likely N-dealkylation sites (tertiary alicyclic amines) is 1. The van der Waals surface area contributed by atoms with Crippen molar-refractivity contribution < 1.29 is 55.6 Å². The summed E-state index contributed by atoms with van der Waals surface area (Å²) in [4.78, 5) is 56.8. The number of sulfone groups is 1. The molecule has 22 nitrogen and oxygen atoms in total. The smallest absolute Gasteiger partial charge is 0.467 e. The number of benzene rings is 3. The van der Waals surface area contributed by atoms with Gasteiger partial charge in [0.05, 0.1) is 94.8 Å². The van der Waals surface area contributed by atoms with Crippen LogP contribution in [0, 0.1) is 12.3 Å². The Labute approximate surface area is 489 Å². The first-order chi connectivity index (χ1) is 39.6. The number of nitrogens with zero attached hydrogens (tertiary/aromatic N) is 8. The molecule has 0 unspecified atom stereocenters. The molecule has 3 aliphatic rings. The summed E-state index contributed by atoms with van der Waals surface area (Å²) in [5.41, 5.74) is 5.20. The Bertz CT molecular complexity index is 3350. The fraction of sp³-hybridized carbons (Fsp3) is 0.446. The molecular weight excluding hydrogens is 1140 g/mol. The third-order valence-corrected chi connectivity index (χ3v) is 16.6. The largest absolute Gasteiger partial charge is 0.586 e. The molecule has 444 valence electrons. The van der Waals surface area contributed by atoms with Gasteiger partial charge in [-0.15, -0.1) is 20.1 Å². The van der Waals surface area contributed by atoms with E-state index in [1.165, 1.54) is 48.5 Å². The van der Waals surface area contributed by atoms with Gasteiger partial charge in [0.15, 0.2) is 21.3 Å². The molecule has 0 radical (unpaired) electrons. The van der Waals surface area contributed by atoms with Gasteiger partial charge in [-0.3, -0.25) is 19.5 Å². The average Bonchev–Trinajstić information content (AvgIpc) is 4.41. The second-order valence-corrected chi connectivity index (χ2v) is 24.5. The zero-order valence-electron chi connectivity index (χ0n) is 46.7. The number of thiazole rings is 1. The van der Waals surface area contributed by atoms with Crippen LogP contribution in [0.3, 0.4) is 0 Å². The summed E-state index contributed by atoms with van der Waals surface area (Å²) >= 11 is 8.24. The number of rotatable bonds is 24. The number of methoxy groups -OCH3 is 1. The molecule has 27 heteroatoms. The van der Waals surface area contributed by atoms with Crippen molar-refractivity contribution in [2.24, 2.45) is 5.41 Å². The molecule has 0 spiro atoms. The van der Waals surface area contributed by atoms with Crippen molar-refractivity contribution >= 4 is 67.9 Å². The molecular formula is C56H67ClF2N12O10S2. The highest BCUT2D eigenvalue weighted by Gasteiger charge is 2.46. The van der Waals surface area contributed by atoms with Crippen molar-refractivity contribution in [2.45, 2.75) is 76.1 Å². The highest BCUT2D eigenvalue weighted by molar-refractivity contribution is 7.90. The number of aliphatic hydroxyl groups excluding tert-OH is 1. The molecule has 0 saturated carbocycles. The monoisotopic (exact) mass is 1200 g/mol. The van der Waals surface area contributed by atoms with E-state index in [0.29, 0.717) is 77.3 Å². The van der Waals surface area contributed by atoms with Gasteiger partial charge in [-0.25, -0.2) is 13.4 Å². The average molecular weight is 1210 g/mol. The molecule has 3 aromatic carbocycles. The van der Waals surface area contributed by atoms with Gasteiger partial charge < -0.3 is 59.9 Å². The lowest BCUT2D eigenvalue weighted by molar-refractivity contribution is -0.287. The number of aliphatic hydroxyl groups is 1. The number of amides is 2. The number of halogens is 3. The first kappa shape index (κ1) is 60.7. The summed E-state index contributed by atoms with van der Waals surface area (Å²) in [5.74, 6) is -0.660. The lowest BCUT2D eigenvalue weighted by atomic mass is 9.85. The molecule has 9 rings (SSSR count). The number of aromatic nitrogens is 5. The lowest BCUT2D eigenvalue weighted by Gasteiger charge is -2.35. The number of hydrogen-bond acceptors (Lipinski definition) is 21. The maximum absolute atomic E-state index is 14.4. The van der Waals surface area contributed by atoms with E-state index < -0.39 is 45.8 Å². The standard InChI is InChI=1S/C56H67ClF2N12O10S2/c1-34-48(82-33-63-34)36-14-12-35(13-15-36)31-62-50(73)43-29-37(72)32-71(43)51(74)49(55(2,3)4)61-19-25-78-27-28-79-26-24-69-20-22-70(23-21-69)53-66-52(67-54(68-53)77-5)65-42-30-38(83(6,75)76)16-17-41(42)64-45(46-40(57)10-8-18-60-46)39-9-7-11-44-47(39)81-56(58,59)80-44/h7-18,30,33,37,43,45,49,61,64,72H,19-29,31-32H2,1-6H3,(H,62,73)(H,65,66,67,68)/t37-,43+,45+,49-/m1/s1. The van der Waals surface area contributed by atoms with Crippen LogP contribution in [0.2, 0.25) is 5.02 Å². The summed E-state index contributed by atoms with van der Waals surface area (Å²) in [5, 5.41) is 23.6. The molecule has 3 aliphatic heterocycles. The number of alkyl halides is 2. The number of fused-ring (bicyclic) bond motifs is 1. The van der Waals surface area contributed by atoms with Gasteiger partial charge in [0.1, 0.15) is 6.04 Å². The van der Waals surface area contributed by atoms with Gasteiger partial charge in [-0.05, 0) is 59.9 Å². The van der Waals surface area contributed by atoms with Gasteiger partial charge >= 0.3 is 12.3 Å². The van der Waals surface area contributed by atoms with E-state index in [2.05, 4.69) is 46.1 Å². The summed E-state index contributed by atoms with van der Waals surface area (Å²) in [6.07, 6.45) is -2.02. The number of ether oxygens (including phenoxy) is 5. The number of piperazine rings is 1. The molecule has 4 atom stereocenters. The molecule has 2 amide bonds. The SMILES string of the molecule is COc1nc(Nc2cc(S(C)(=O)=O)ccc2N[C@@H](c2cccc3c2OC(F)(F)O3)c2ncccc2Cl)nc(N2CCN(CCOCCOCCN[C@H](C(=O)N3C[C@H](O)C[C@H]3C(=O)NCc3ccc(-c4scnc4C)cc3)C(C)(C)C)CC2)n1. The van der Waals surface area contributed by atoms with E-state index >= 15 is 0 Å². The Morgan fingerprint density at radius 2 is 1.70 bits per heavy atom. The van der Waals surface area contributed by atoms with E-state index in [4.69, 9.17) is 40.3 Å². The maximum atomic E-state index is 14.4. The van der Waals surface area contributed by atoms with Gasteiger partial charge in [0.2, 0.25) is 23.7 Å². The molecule has 83 heavy (non-hydrogen) atoms. The molecule has 2 saturated heterocycles. The first-order valence-electron chi connectivity index (χ1n) is 26.9. The molecule has 0 bridgehead atoms. The van der Waals surface area contributed by atoms with Crippen molar-refractivity contribution in [3.63, 3.8) is 0 Å². The lowest BCUT2D eigenvalue weighted by Crippen LogP contribution is -2.57. The number of anilines is 4. The highest BCUT2D eigenvalue weighted by atomic mass is 35.5. The second kappa shape index (κ2) is 26.3. The Morgan fingerprint density at radius 1 is 0.940 bits per heavy atom. The van der Waals surface area contributed by atoms with Crippen LogP contribution >= 0.6 is 22.9 Å². The molecule has 6 heterocycles. The van der Waals surface area contributed by atoms with Gasteiger partial charge in [0.25, 0.3) is 0 Å². The number of nitrogens with one attached hydrogen (secondary N) is 4. The van der Waals surface area contributed by atoms with Crippen LogP contribution in [0.15, 0.2) is 89.4 Å². The Morgan fingerprint density at radius 3 is 2.40 bits per heavy atom. The highest BCUT2D eigenvalue weighted by Crippen LogP contribution is 2.48. The van der Waals surface area contributed by atoms with Crippen molar-refractivity contribution in [1.29, 1.82) is 0 Å². The molecule has 5 N–H and O–H groups in total. The third kappa shape index (κ3) is 15.3. The third-order valence-electron chi connectivity index (χ3n) is 14.2. The number of aryl methyl sites for hydroxylation is 1. The zero-order valence-corrected chi connectivity index (χ0v) is 49.1. The normalized spacial score (nSPS) is 17.8. The minimum absolute atomic E-state index is 0.00583. The van der Waals surface area contributed by atoms with E-state index in [9.17, 15) is 31.9 Å². The molecule has 0 aliphatic carbocycles. The van der Waals surface area contributed by atoms with Crippen LogP contribution in [0.25, 0.3) is 10.4 Å². The van der Waals surface area contributed by atoms with Crippen molar-refractivity contribution in [2.75, 3.05) is 101 Å². The second-order valence-electron chi connectivity index (χ2n) is 21.2. The van der Waals surface area contributed by atoms with Crippen LogP contribution in [-0.2, 0) is 35.4 Å². The van der Waals surface area contributed by atoms with Crippen LogP contribution in [0.4, 0.5) is 32.1 Å². The number of β-amino-alcohol motifs (C(OH)–C–C–N with tert-alkyl or cyclic N) is 1. The molecule has 3 aromatic heterocycles. The van der Waals surface area contributed by atoms with Crippen LogP contribution < -0.4 is 40.4 Å². The number of carbonyl (C=O) groups excluding carboxylic acids is 2. The van der Waals surface area contributed by atoms with Crippen LogP contribution in [0.1, 0.15) is 55.7 Å². The van der Waals surface area contributed by atoms with Gasteiger partial charge in [-0.1, -0.05) is 68.8 Å². The molecule has 6 aromatic rings. The van der Waals surface area contributed by atoms with Crippen molar-refractivity contribution in [3.05, 3.63) is 112 Å². The van der Waals surface area contributed by atoms with Crippen molar-refractivity contribution in [1.82, 2.24) is 45.4 Å². The quantitative estimate of drug-likeness (QED) is 0.0407. The number of carbonyl (C=O) groups is 2. The fourth-order valence-corrected chi connectivity index (χ4v) is 11.6. The number of pyridine rings is 1. The maximum Gasteiger partial charge on any atom is 0.586 e. The fourth-order valence-electron chi connectivity index (χ4n) is 9.87. The van der Waals surface area contributed by atoms with Gasteiger partial charge in [-0.2, -0.15) is 15.0 Å². The first-order valence-corrected chi connectivity index (χ1v) is 30.1. The van der Waals surface area contributed by atoms with E-state index in [1.54, 1.807) is 29.5 Å². The number of hydrogen-bond donors (Lipinski definition) is 5. The van der Waals surface area contributed by atoms with Crippen molar-refractivity contribution in [3.8, 4) is 28.0 Å². The van der Waals surface area contributed by atoms with E-state index in [-0.39, 0.29) is 81.6 Å². The minimum Gasteiger partial charge on any atom is -0.467 e. The van der Waals surface area contributed by atoms with Crippen LogP contribution in [-0.4, -0.2) is 170 Å². The van der Waals surface area contributed by atoms with Crippen LogP contribution in [0.5, 0.6) is 17.5 Å². The Hall–Kier alpha value is -6.91. The predicted octanol–water partition coefficient (Wildman–Crippen LogP) is 6.47. The van der Waals surface area contributed by atoms with E-state index in [1.807, 2.05) is 62.4 Å². The predicted molar refractivity (Wildman–Crippen MR) is 308 cm³/mol. The topological polar surface area (TPSA) is 257 Å². The summed E-state index contributed by atoms with van der Waals surface area (Å²) in [6, 6.07) is 17.4.